The molecular formula is C46H29NOS. The fraction of sp³-hybridized carbons (Fsp3) is 0. The van der Waals surface area contributed by atoms with E-state index in [1.165, 1.54) is 11.3 Å². The molecule has 0 bridgehead atoms. The lowest BCUT2D eigenvalue weighted by Crippen LogP contribution is -2.11. The number of rotatable bonds is 5. The van der Waals surface area contributed by atoms with Crippen molar-refractivity contribution in [2.24, 2.45) is 0 Å². The molecule has 0 fully saturated rings. The van der Waals surface area contributed by atoms with Crippen LogP contribution in [0.25, 0.3) is 75.1 Å². The monoisotopic (exact) mass is 660 g/mol. The van der Waals surface area contributed by atoms with E-state index in [0.717, 1.165) is 19.7 Å². The lowest BCUT2D eigenvalue weighted by Gasteiger charge is -2.28. The SMILES string of the molecule is [2H]c1c([2H])c([2H])c(N(c2c([2H])c([2H])c(-c3cccc4sc5ccccc5c34)c([2H])c2[2H])c2c([2H])c([2H])c([2H])c3oc4c5c([2H])c([2H])c([2H])c([2H])c5c([2H])c([2H])c4c23)c(-c2ccccc2)c1[2H]. The Bertz CT molecular complexity index is 3780. The molecule has 0 amide bonds. The van der Waals surface area contributed by atoms with Gasteiger partial charge in [0.05, 0.1) is 40.1 Å². The Hall–Kier alpha value is -6.16. The van der Waals surface area contributed by atoms with Gasteiger partial charge in [-0.2, -0.15) is 0 Å². The number of hydrogen-bond donors (Lipinski definition) is 0. The average molecular weight is 661 g/mol. The van der Waals surface area contributed by atoms with Crippen LogP contribution >= 0.6 is 11.3 Å². The molecule has 0 atom stereocenters. The molecule has 0 N–H and O–H groups in total. The maximum Gasteiger partial charge on any atom is 0.143 e. The van der Waals surface area contributed by atoms with Crippen molar-refractivity contribution in [2.75, 3.05) is 4.90 Å². The van der Waals surface area contributed by atoms with Gasteiger partial charge >= 0.3 is 0 Å². The van der Waals surface area contributed by atoms with Crippen LogP contribution in [0.15, 0.2) is 180 Å². The van der Waals surface area contributed by atoms with Crippen molar-refractivity contribution in [2.45, 2.75) is 0 Å². The van der Waals surface area contributed by atoms with Crippen molar-refractivity contribution in [3.05, 3.63) is 176 Å². The van der Waals surface area contributed by atoms with Gasteiger partial charge in [-0.15, -0.1) is 11.3 Å². The van der Waals surface area contributed by atoms with Gasteiger partial charge in [0.1, 0.15) is 11.2 Å². The van der Waals surface area contributed by atoms with E-state index in [0.29, 0.717) is 10.9 Å². The number of benzene rings is 8. The second-order valence-electron chi connectivity index (χ2n) is 11.2. The van der Waals surface area contributed by atoms with Crippen LogP contribution in [0.2, 0.25) is 0 Å². The summed E-state index contributed by atoms with van der Waals surface area (Å²) in [6, 6.07) is 8.92. The van der Waals surface area contributed by atoms with E-state index >= 15 is 0 Å². The van der Waals surface area contributed by atoms with Crippen LogP contribution in [0.3, 0.4) is 0 Å². The highest BCUT2D eigenvalue weighted by Crippen LogP contribution is 2.47. The van der Waals surface area contributed by atoms with Crippen molar-refractivity contribution in [3.8, 4) is 22.3 Å². The highest BCUT2D eigenvalue weighted by molar-refractivity contribution is 7.25. The summed E-state index contributed by atoms with van der Waals surface area (Å²) in [7, 11) is 0. The van der Waals surface area contributed by atoms with E-state index in [4.69, 9.17) is 16.8 Å². The smallest absolute Gasteiger partial charge is 0.143 e. The van der Waals surface area contributed by atoms with Gasteiger partial charge in [-0.3, -0.25) is 0 Å². The topological polar surface area (TPSA) is 16.4 Å². The van der Waals surface area contributed by atoms with Gasteiger partial charge < -0.3 is 9.32 Å². The van der Waals surface area contributed by atoms with Crippen molar-refractivity contribution in [3.63, 3.8) is 0 Å². The number of para-hydroxylation sites is 1. The van der Waals surface area contributed by atoms with Crippen LogP contribution in [0.1, 0.15) is 23.3 Å². The molecule has 0 saturated carbocycles. The van der Waals surface area contributed by atoms with Gasteiger partial charge in [0.25, 0.3) is 0 Å². The Morgan fingerprint density at radius 3 is 2.18 bits per heavy atom. The minimum atomic E-state index is -0.835. The molecule has 2 heterocycles. The molecule has 0 radical (unpaired) electrons. The number of thiophene rings is 1. The molecule has 2 aromatic heterocycles. The first-order chi connectivity index (χ1) is 31.4. The standard InChI is InChI=1S/C46H29NOS/c1-2-12-30(13-3-1)34-15-6-8-19-39(34)47(40-20-11-21-41-45(40)38-29-26-31-14-4-5-16-36(31)46(38)48-41)33-27-24-32(25-28-33)35-18-10-23-43-44(35)37-17-7-9-22-42(37)49-43/h1-29H/i4D,5D,6D,8D,11D,14D,15D,16D,19D,20D,21D,24D,25D,26D,27D,28D,29D. The maximum atomic E-state index is 9.82. The first-order valence-electron chi connectivity index (χ1n) is 23.7. The largest absolute Gasteiger partial charge is 0.455 e. The Labute approximate surface area is 311 Å². The van der Waals surface area contributed by atoms with Crippen molar-refractivity contribution in [1.29, 1.82) is 0 Å². The minimum absolute atomic E-state index is 0.0957. The van der Waals surface area contributed by atoms with Gasteiger partial charge in [-0.05, 0) is 70.5 Å². The Balaban J connectivity index is 1.44. The fourth-order valence-electron chi connectivity index (χ4n) is 6.28. The Morgan fingerprint density at radius 1 is 0.490 bits per heavy atom. The molecule has 2 nitrogen and oxygen atoms in total. The zero-order valence-corrected chi connectivity index (χ0v) is 26.0. The van der Waals surface area contributed by atoms with Crippen molar-refractivity contribution < 1.29 is 27.7 Å². The number of hydrogen-bond acceptors (Lipinski definition) is 3. The molecule has 3 heteroatoms. The molecule has 49 heavy (non-hydrogen) atoms. The average Bonchev–Trinajstić information content (AvgIpc) is 3.90. The number of nitrogens with zero attached hydrogens (tertiary/aromatic N) is 1. The summed E-state index contributed by atoms with van der Waals surface area (Å²) in [5, 5.41) is -0.0147. The van der Waals surface area contributed by atoms with E-state index in [1.54, 1.807) is 42.5 Å². The van der Waals surface area contributed by atoms with E-state index < -0.39 is 136 Å². The van der Waals surface area contributed by atoms with Crippen LogP contribution in [-0.2, 0) is 0 Å². The summed E-state index contributed by atoms with van der Waals surface area (Å²) in [5.74, 6) is 0. The molecule has 10 aromatic rings. The summed E-state index contributed by atoms with van der Waals surface area (Å²) in [4.78, 5) is 0.913. The van der Waals surface area contributed by atoms with Gasteiger partial charge in [0.2, 0.25) is 0 Å². The fourth-order valence-corrected chi connectivity index (χ4v) is 7.41. The molecule has 0 unspecified atom stereocenters. The third kappa shape index (κ3) is 4.47. The lowest BCUT2D eigenvalue weighted by molar-refractivity contribution is 0.672. The van der Waals surface area contributed by atoms with Crippen molar-refractivity contribution >= 4 is 81.3 Å². The quantitative estimate of drug-likeness (QED) is 0.183. The molecule has 0 aliphatic carbocycles. The van der Waals surface area contributed by atoms with E-state index in [9.17, 15) is 11.0 Å². The summed E-state index contributed by atoms with van der Waals surface area (Å²) in [6.07, 6.45) is 0. The molecule has 8 aromatic carbocycles. The molecule has 10 rings (SSSR count). The third-order valence-electron chi connectivity index (χ3n) is 8.41. The zero-order valence-electron chi connectivity index (χ0n) is 42.2. The first-order valence-corrected chi connectivity index (χ1v) is 16.0. The molecule has 230 valence electrons. The van der Waals surface area contributed by atoms with Crippen molar-refractivity contribution in [1.82, 2.24) is 0 Å². The number of furan rings is 1. The minimum Gasteiger partial charge on any atom is -0.455 e. The van der Waals surface area contributed by atoms with E-state index in [1.807, 2.05) is 30.3 Å². The summed E-state index contributed by atoms with van der Waals surface area (Å²) in [5.41, 5.74) is -2.39. The van der Waals surface area contributed by atoms with Gasteiger partial charge in [0, 0.05) is 42.2 Å². The van der Waals surface area contributed by atoms with Crippen LogP contribution in [0.5, 0.6) is 0 Å². The Kier molecular flexibility index (Phi) is 3.63. The second kappa shape index (κ2) is 11.2. The molecule has 0 aliphatic rings. The van der Waals surface area contributed by atoms with Gasteiger partial charge in [0.15, 0.2) is 0 Å². The normalized spacial score (nSPS) is 16.5. The lowest BCUT2D eigenvalue weighted by atomic mass is 9.98. The Morgan fingerprint density at radius 2 is 1.27 bits per heavy atom. The third-order valence-corrected chi connectivity index (χ3v) is 9.55. The van der Waals surface area contributed by atoms with E-state index in [2.05, 4.69) is 0 Å². The molecule has 0 saturated heterocycles. The zero-order chi connectivity index (χ0) is 47.1. The van der Waals surface area contributed by atoms with Crippen LogP contribution in [0.4, 0.5) is 17.1 Å². The predicted octanol–water partition coefficient (Wildman–Crippen LogP) is 13.9. The predicted molar refractivity (Wildman–Crippen MR) is 210 cm³/mol. The van der Waals surface area contributed by atoms with Crippen LogP contribution < -0.4 is 4.90 Å². The summed E-state index contributed by atoms with van der Waals surface area (Å²) >= 11 is 1.48. The van der Waals surface area contributed by atoms with Gasteiger partial charge in [-0.1, -0.05) is 127 Å². The number of anilines is 3. The van der Waals surface area contributed by atoms with Crippen LogP contribution in [0, 0.1) is 0 Å². The molecule has 0 aliphatic heterocycles. The highest BCUT2D eigenvalue weighted by atomic mass is 32.1. The molecular weight excluding hydrogens is 615 g/mol. The maximum absolute atomic E-state index is 9.82. The second-order valence-corrected chi connectivity index (χ2v) is 12.2. The van der Waals surface area contributed by atoms with Crippen LogP contribution in [-0.4, -0.2) is 0 Å². The first kappa shape index (κ1) is 15.8. The highest BCUT2D eigenvalue weighted by Gasteiger charge is 2.22. The van der Waals surface area contributed by atoms with Gasteiger partial charge in [-0.25, -0.2) is 0 Å². The summed E-state index contributed by atoms with van der Waals surface area (Å²) < 4.78 is 164. The number of fused-ring (bicyclic) bond motifs is 8. The molecule has 0 spiro atoms. The van der Waals surface area contributed by atoms with E-state index in [-0.39, 0.29) is 32.8 Å². The summed E-state index contributed by atoms with van der Waals surface area (Å²) in [6.45, 7) is 0.